The van der Waals surface area contributed by atoms with Gasteiger partial charge in [-0.25, -0.2) is 12.8 Å². The summed E-state index contributed by atoms with van der Waals surface area (Å²) in [6, 6.07) is 10.1. The first-order valence-electron chi connectivity index (χ1n) is 11.5. The van der Waals surface area contributed by atoms with Crippen molar-refractivity contribution in [3.63, 3.8) is 0 Å². The Hall–Kier alpha value is -2.78. The minimum atomic E-state index is -3.93. The molecule has 0 bridgehead atoms. The topological polar surface area (TPSA) is 78.0 Å². The molecule has 0 radical (unpaired) electrons. The van der Waals surface area contributed by atoms with E-state index >= 15 is 0 Å². The van der Waals surface area contributed by atoms with Gasteiger partial charge in [0.1, 0.15) is 18.0 Å². The van der Waals surface area contributed by atoms with Gasteiger partial charge in [-0.15, -0.1) is 0 Å². The number of benzene rings is 2. The number of fused-ring (bicyclic) bond motifs is 1. The molecule has 2 fully saturated rings. The molecule has 0 saturated carbocycles. The summed E-state index contributed by atoms with van der Waals surface area (Å²) in [5.41, 5.74) is 2.15. The van der Waals surface area contributed by atoms with Gasteiger partial charge in [-0.05, 0) is 62.6 Å². The van der Waals surface area contributed by atoms with E-state index in [1.165, 1.54) is 21.3 Å². The smallest absolute Gasteiger partial charge is 0.246 e. The van der Waals surface area contributed by atoms with Gasteiger partial charge in [0.25, 0.3) is 0 Å². The Morgan fingerprint density at radius 2 is 1.74 bits per heavy atom. The third-order valence-electron chi connectivity index (χ3n) is 6.65. The maximum atomic E-state index is 13.8. The first-order chi connectivity index (χ1) is 16.0. The number of hydrogen-bond acceptors (Lipinski definition) is 4. The van der Waals surface area contributed by atoms with E-state index in [4.69, 9.17) is 0 Å². The average Bonchev–Trinajstić information content (AvgIpc) is 2.78. The van der Waals surface area contributed by atoms with E-state index in [1.807, 2.05) is 26.8 Å². The Bertz CT molecular complexity index is 1210. The summed E-state index contributed by atoms with van der Waals surface area (Å²) in [6.45, 7) is 7.49. The van der Waals surface area contributed by atoms with Crippen LogP contribution in [0.15, 0.2) is 47.4 Å². The number of amides is 2. The lowest BCUT2D eigenvalue weighted by molar-refractivity contribution is -0.166. The highest BCUT2D eigenvalue weighted by Crippen LogP contribution is 2.33. The van der Waals surface area contributed by atoms with Crippen LogP contribution in [0.1, 0.15) is 37.0 Å². The number of piperazine rings is 1. The van der Waals surface area contributed by atoms with E-state index in [9.17, 15) is 22.4 Å². The highest BCUT2D eigenvalue weighted by Gasteiger charge is 2.51. The number of nitrogens with zero attached hydrogens (tertiary/aromatic N) is 3. The fourth-order valence-electron chi connectivity index (χ4n) is 4.81. The monoisotopic (exact) mass is 487 g/mol. The lowest BCUT2D eigenvalue weighted by Gasteiger charge is -2.52. The first kappa shape index (κ1) is 24.3. The van der Waals surface area contributed by atoms with Gasteiger partial charge in [-0.2, -0.15) is 4.31 Å². The maximum Gasteiger partial charge on any atom is 0.246 e. The second-order valence-corrected chi connectivity index (χ2v) is 11.2. The molecule has 182 valence electrons. The van der Waals surface area contributed by atoms with E-state index in [2.05, 4.69) is 0 Å². The molecule has 2 heterocycles. The van der Waals surface area contributed by atoms with E-state index in [0.717, 1.165) is 5.56 Å². The van der Waals surface area contributed by atoms with Crippen LogP contribution in [0, 0.1) is 19.7 Å². The number of halogens is 1. The third kappa shape index (κ3) is 4.34. The number of aryl methyl sites for hydroxylation is 2. The quantitative estimate of drug-likeness (QED) is 0.650. The van der Waals surface area contributed by atoms with Crippen LogP contribution < -0.4 is 0 Å². The fraction of sp³-hybridized carbons (Fsp3) is 0.440. The highest BCUT2D eigenvalue weighted by atomic mass is 32.2. The molecule has 4 rings (SSSR count). The molecule has 0 N–H and O–H groups in total. The normalized spacial score (nSPS) is 21.8. The molecule has 9 heteroatoms. The van der Waals surface area contributed by atoms with Crippen molar-refractivity contribution < 1.29 is 22.4 Å². The number of rotatable bonds is 5. The van der Waals surface area contributed by atoms with Crippen molar-refractivity contribution in [2.45, 2.75) is 63.7 Å². The minimum absolute atomic E-state index is 0.00449. The van der Waals surface area contributed by atoms with Crippen molar-refractivity contribution in [3.05, 3.63) is 65.0 Å². The van der Waals surface area contributed by atoms with Gasteiger partial charge < -0.3 is 9.80 Å². The van der Waals surface area contributed by atoms with Gasteiger partial charge in [-0.3, -0.25) is 9.59 Å². The molecule has 0 aromatic heterocycles. The first-order valence-corrected chi connectivity index (χ1v) is 12.9. The lowest BCUT2D eigenvalue weighted by atomic mass is 9.97. The Balaban J connectivity index is 1.77. The molecule has 2 aliphatic rings. The summed E-state index contributed by atoms with van der Waals surface area (Å²) in [4.78, 5) is 29.9. The molecule has 2 aliphatic heterocycles. The van der Waals surface area contributed by atoms with Gasteiger partial charge in [0.15, 0.2) is 0 Å². The predicted molar refractivity (Wildman–Crippen MR) is 126 cm³/mol. The summed E-state index contributed by atoms with van der Waals surface area (Å²) < 4.78 is 42.5. The zero-order chi connectivity index (χ0) is 24.8. The van der Waals surface area contributed by atoms with Crippen LogP contribution in [0.4, 0.5) is 4.39 Å². The van der Waals surface area contributed by atoms with E-state index in [-0.39, 0.29) is 54.5 Å². The van der Waals surface area contributed by atoms with E-state index in [0.29, 0.717) is 11.1 Å². The zero-order valence-electron chi connectivity index (χ0n) is 19.9. The van der Waals surface area contributed by atoms with Crippen molar-refractivity contribution in [2.24, 2.45) is 0 Å². The molecule has 2 atom stereocenters. The maximum absolute atomic E-state index is 13.8. The molecule has 0 spiro atoms. The lowest BCUT2D eigenvalue weighted by Crippen LogP contribution is -2.72. The molecular formula is C25H30FN3O4S. The van der Waals surface area contributed by atoms with Crippen LogP contribution in [-0.2, 0) is 26.0 Å². The van der Waals surface area contributed by atoms with Crippen LogP contribution in [0.25, 0.3) is 0 Å². The summed E-state index contributed by atoms with van der Waals surface area (Å²) >= 11 is 0. The van der Waals surface area contributed by atoms with Crippen LogP contribution in [0.3, 0.4) is 0 Å². The molecule has 2 aromatic rings. The molecule has 34 heavy (non-hydrogen) atoms. The summed E-state index contributed by atoms with van der Waals surface area (Å²) in [5, 5.41) is 0. The summed E-state index contributed by atoms with van der Waals surface area (Å²) in [5.74, 6) is -0.864. The third-order valence-corrected chi connectivity index (χ3v) is 8.69. The minimum Gasteiger partial charge on any atom is -0.335 e. The van der Waals surface area contributed by atoms with E-state index in [1.54, 1.807) is 36.1 Å². The van der Waals surface area contributed by atoms with Crippen LogP contribution >= 0.6 is 0 Å². The van der Waals surface area contributed by atoms with E-state index < -0.39 is 22.2 Å². The molecule has 2 amide bonds. The van der Waals surface area contributed by atoms with Crippen LogP contribution in [0.2, 0.25) is 0 Å². The Kier molecular flexibility index (Phi) is 6.52. The Morgan fingerprint density at radius 1 is 1.06 bits per heavy atom. The van der Waals surface area contributed by atoms with Crippen LogP contribution in [0.5, 0.6) is 0 Å². The molecule has 0 aliphatic carbocycles. The standard InChI is InChI=1S/C25H30FN3O4S/c1-16(2)27-15-23-28(34(32,33)22-13-17(3)5-6-18(22)4)12-11-24(30)29(23)21(25(27)31)14-19-7-9-20(26)10-8-19/h5-10,13,16,21,23H,11-12,14-15H2,1-4H3. The average molecular weight is 488 g/mol. The summed E-state index contributed by atoms with van der Waals surface area (Å²) in [7, 11) is -3.93. The molecular weight excluding hydrogens is 457 g/mol. The number of carbonyl (C=O) groups is 2. The van der Waals surface area contributed by atoms with Gasteiger partial charge >= 0.3 is 0 Å². The van der Waals surface area contributed by atoms with Crippen molar-refractivity contribution in [3.8, 4) is 0 Å². The van der Waals surface area contributed by atoms with Gasteiger partial charge in [-0.1, -0.05) is 24.3 Å². The molecule has 2 aromatic carbocycles. The Morgan fingerprint density at radius 3 is 2.38 bits per heavy atom. The van der Waals surface area contributed by atoms with Crippen molar-refractivity contribution in [1.82, 2.24) is 14.1 Å². The predicted octanol–water partition coefficient (Wildman–Crippen LogP) is 2.85. The van der Waals surface area contributed by atoms with Crippen LogP contribution in [-0.4, -0.2) is 65.7 Å². The van der Waals surface area contributed by atoms with Gasteiger partial charge in [0, 0.05) is 25.4 Å². The largest absolute Gasteiger partial charge is 0.335 e. The SMILES string of the molecule is Cc1ccc(C)c(S(=O)(=O)N2CCC(=O)N3C(Cc4ccc(F)cc4)C(=O)N(C(C)C)CC32)c1. The number of sulfonamides is 1. The van der Waals surface area contributed by atoms with Crippen molar-refractivity contribution >= 4 is 21.8 Å². The number of carbonyl (C=O) groups excluding carboxylic acids is 2. The second kappa shape index (κ2) is 9.11. The van der Waals surface area contributed by atoms with Crippen molar-refractivity contribution in [1.29, 1.82) is 0 Å². The molecule has 2 unspecified atom stereocenters. The molecule has 2 saturated heterocycles. The summed E-state index contributed by atoms with van der Waals surface area (Å²) in [6.07, 6.45) is -0.631. The number of hydrogen-bond donors (Lipinski definition) is 0. The van der Waals surface area contributed by atoms with Crippen molar-refractivity contribution in [2.75, 3.05) is 13.1 Å². The van der Waals surface area contributed by atoms with Gasteiger partial charge in [0.05, 0.1) is 11.4 Å². The molecule has 7 nitrogen and oxygen atoms in total. The fourth-order valence-corrected chi connectivity index (χ4v) is 6.70. The highest BCUT2D eigenvalue weighted by molar-refractivity contribution is 7.89. The Labute approximate surface area is 200 Å². The zero-order valence-corrected chi connectivity index (χ0v) is 20.7. The second-order valence-electron chi connectivity index (χ2n) is 9.35. The van der Waals surface area contributed by atoms with Gasteiger partial charge in [0.2, 0.25) is 21.8 Å².